The molecular weight excluding hydrogens is 192 g/mol. The van der Waals surface area contributed by atoms with Crippen LogP contribution in [0.3, 0.4) is 0 Å². The van der Waals surface area contributed by atoms with Crippen molar-refractivity contribution in [1.82, 2.24) is 0 Å². The van der Waals surface area contributed by atoms with Gasteiger partial charge >= 0.3 is 0 Å². The van der Waals surface area contributed by atoms with Crippen molar-refractivity contribution in [2.75, 3.05) is 0 Å². The molecular formula is C8H11BrO. The fourth-order valence-electron chi connectivity index (χ4n) is 1.98. The number of hydrogen-bond acceptors (Lipinski definition) is 1. The molecule has 0 amide bonds. The van der Waals surface area contributed by atoms with Crippen molar-refractivity contribution >= 4 is 15.9 Å². The minimum Gasteiger partial charge on any atom is -0.389 e. The average molecular weight is 203 g/mol. The van der Waals surface area contributed by atoms with Gasteiger partial charge in [-0.3, -0.25) is 0 Å². The highest BCUT2D eigenvalue weighted by Crippen LogP contribution is 2.42. The van der Waals surface area contributed by atoms with Crippen LogP contribution in [0.1, 0.15) is 12.8 Å². The predicted molar refractivity (Wildman–Crippen MR) is 44.1 cm³/mol. The SMILES string of the molecule is O[C@H]1C=C[C@@H]2CC[C@H]1[C@@H]2Br. The third-order valence-corrected chi connectivity index (χ3v) is 4.00. The molecule has 56 valence electrons. The van der Waals surface area contributed by atoms with Gasteiger partial charge in [0.2, 0.25) is 0 Å². The van der Waals surface area contributed by atoms with Crippen molar-refractivity contribution in [2.24, 2.45) is 11.8 Å². The summed E-state index contributed by atoms with van der Waals surface area (Å²) in [5.41, 5.74) is 0. The largest absolute Gasteiger partial charge is 0.389 e. The second-order valence-corrected chi connectivity index (χ2v) is 4.28. The van der Waals surface area contributed by atoms with Crippen molar-refractivity contribution < 1.29 is 5.11 Å². The standard InChI is InChI=1S/C8H11BrO/c9-8-5-1-3-6(8)7(10)4-2-5/h2,4-8,10H,1,3H2/t5-,6+,7-,8+/m0/s1. The van der Waals surface area contributed by atoms with Crippen LogP contribution < -0.4 is 0 Å². The van der Waals surface area contributed by atoms with E-state index in [0.717, 1.165) is 0 Å². The van der Waals surface area contributed by atoms with E-state index in [1.165, 1.54) is 12.8 Å². The number of alkyl halides is 1. The van der Waals surface area contributed by atoms with E-state index in [0.29, 0.717) is 16.7 Å². The van der Waals surface area contributed by atoms with Crippen LogP contribution in [0.4, 0.5) is 0 Å². The molecule has 0 aliphatic heterocycles. The van der Waals surface area contributed by atoms with E-state index in [-0.39, 0.29) is 6.10 Å². The molecule has 0 unspecified atom stereocenters. The van der Waals surface area contributed by atoms with Crippen LogP contribution in [0.25, 0.3) is 0 Å². The lowest BCUT2D eigenvalue weighted by molar-refractivity contribution is 0.153. The molecule has 2 aliphatic rings. The molecule has 0 heterocycles. The number of hydrogen-bond donors (Lipinski definition) is 1. The molecule has 0 aromatic carbocycles. The van der Waals surface area contributed by atoms with Gasteiger partial charge in [0.1, 0.15) is 0 Å². The van der Waals surface area contributed by atoms with Crippen molar-refractivity contribution in [2.45, 2.75) is 23.8 Å². The maximum Gasteiger partial charge on any atom is 0.0760 e. The first-order valence-electron chi connectivity index (χ1n) is 3.79. The van der Waals surface area contributed by atoms with E-state index < -0.39 is 0 Å². The zero-order valence-corrected chi connectivity index (χ0v) is 7.29. The Morgan fingerprint density at radius 3 is 2.80 bits per heavy atom. The molecule has 2 aliphatic carbocycles. The van der Waals surface area contributed by atoms with Gasteiger partial charge < -0.3 is 5.11 Å². The summed E-state index contributed by atoms with van der Waals surface area (Å²) in [5, 5.41) is 9.45. The Morgan fingerprint density at radius 2 is 2.10 bits per heavy atom. The molecule has 0 spiro atoms. The lowest BCUT2D eigenvalue weighted by atomic mass is 9.93. The molecule has 2 heteroatoms. The summed E-state index contributed by atoms with van der Waals surface area (Å²) in [7, 11) is 0. The first-order valence-corrected chi connectivity index (χ1v) is 4.71. The number of fused-ring (bicyclic) bond motifs is 2. The van der Waals surface area contributed by atoms with E-state index in [9.17, 15) is 5.11 Å². The average Bonchev–Trinajstić information content (AvgIpc) is 2.13. The van der Waals surface area contributed by atoms with Gasteiger partial charge in [-0.05, 0) is 18.8 Å². The van der Waals surface area contributed by atoms with E-state index in [1.54, 1.807) is 0 Å². The molecule has 0 aromatic heterocycles. The van der Waals surface area contributed by atoms with Crippen LogP contribution >= 0.6 is 15.9 Å². The molecule has 1 saturated carbocycles. The molecule has 2 rings (SSSR count). The first-order chi connectivity index (χ1) is 4.79. The predicted octanol–water partition coefficient (Wildman–Crippen LogP) is 1.71. The Bertz CT molecular complexity index is 167. The smallest absolute Gasteiger partial charge is 0.0760 e. The highest BCUT2D eigenvalue weighted by Gasteiger charge is 2.38. The Morgan fingerprint density at radius 1 is 1.30 bits per heavy atom. The summed E-state index contributed by atoms with van der Waals surface area (Å²) in [6.07, 6.45) is 6.32. The number of aliphatic hydroxyl groups excluding tert-OH is 1. The van der Waals surface area contributed by atoms with Crippen LogP contribution in [-0.2, 0) is 0 Å². The number of aliphatic hydroxyl groups is 1. The van der Waals surface area contributed by atoms with E-state index in [4.69, 9.17) is 0 Å². The molecule has 1 fully saturated rings. The Labute approximate surface area is 69.3 Å². The summed E-state index contributed by atoms with van der Waals surface area (Å²) in [5.74, 6) is 1.17. The number of allylic oxidation sites excluding steroid dienone is 1. The van der Waals surface area contributed by atoms with Gasteiger partial charge in [-0.15, -0.1) is 0 Å². The van der Waals surface area contributed by atoms with Gasteiger partial charge in [-0.1, -0.05) is 28.1 Å². The molecule has 0 radical (unpaired) electrons. The maximum atomic E-state index is 9.45. The van der Waals surface area contributed by atoms with Crippen molar-refractivity contribution in [3.8, 4) is 0 Å². The van der Waals surface area contributed by atoms with Gasteiger partial charge in [0.05, 0.1) is 6.10 Å². The van der Waals surface area contributed by atoms with E-state index >= 15 is 0 Å². The first kappa shape index (κ1) is 6.86. The highest BCUT2D eigenvalue weighted by atomic mass is 79.9. The molecule has 1 N–H and O–H groups in total. The van der Waals surface area contributed by atoms with Crippen LogP contribution in [-0.4, -0.2) is 16.0 Å². The third-order valence-electron chi connectivity index (χ3n) is 2.65. The summed E-state index contributed by atoms with van der Waals surface area (Å²) >= 11 is 3.61. The third kappa shape index (κ3) is 0.857. The lowest BCUT2D eigenvalue weighted by Gasteiger charge is -2.24. The Balaban J connectivity index is 2.25. The second kappa shape index (κ2) is 2.35. The summed E-state index contributed by atoms with van der Waals surface area (Å²) in [6.45, 7) is 0. The Kier molecular flexibility index (Phi) is 1.61. The fourth-order valence-corrected chi connectivity index (χ4v) is 3.00. The van der Waals surface area contributed by atoms with Gasteiger partial charge in [-0.25, -0.2) is 0 Å². The number of halogens is 1. The van der Waals surface area contributed by atoms with Crippen LogP contribution in [0.15, 0.2) is 12.2 Å². The summed E-state index contributed by atoms with van der Waals surface area (Å²) in [4.78, 5) is 0.535. The molecule has 0 aromatic rings. The highest BCUT2D eigenvalue weighted by molar-refractivity contribution is 9.09. The van der Waals surface area contributed by atoms with Crippen molar-refractivity contribution in [1.29, 1.82) is 0 Å². The zero-order valence-electron chi connectivity index (χ0n) is 5.70. The zero-order chi connectivity index (χ0) is 7.14. The maximum absolute atomic E-state index is 9.45. The van der Waals surface area contributed by atoms with Gasteiger partial charge in [0.15, 0.2) is 0 Å². The van der Waals surface area contributed by atoms with Gasteiger partial charge in [0, 0.05) is 10.7 Å². The van der Waals surface area contributed by atoms with Crippen LogP contribution in [0.2, 0.25) is 0 Å². The van der Waals surface area contributed by atoms with Gasteiger partial charge in [0.25, 0.3) is 0 Å². The topological polar surface area (TPSA) is 20.2 Å². The van der Waals surface area contributed by atoms with Crippen molar-refractivity contribution in [3.63, 3.8) is 0 Å². The van der Waals surface area contributed by atoms with Gasteiger partial charge in [-0.2, -0.15) is 0 Å². The normalized spacial score (nSPS) is 51.8. The Hall–Kier alpha value is 0.180. The number of rotatable bonds is 0. The second-order valence-electron chi connectivity index (χ2n) is 3.22. The van der Waals surface area contributed by atoms with Crippen LogP contribution in [0, 0.1) is 11.8 Å². The van der Waals surface area contributed by atoms with E-state index in [2.05, 4.69) is 22.0 Å². The fraction of sp³-hybridized carbons (Fsp3) is 0.750. The minimum absolute atomic E-state index is 0.192. The minimum atomic E-state index is -0.192. The molecule has 10 heavy (non-hydrogen) atoms. The molecule has 1 nitrogen and oxygen atoms in total. The van der Waals surface area contributed by atoms with E-state index in [1.807, 2.05) is 6.08 Å². The monoisotopic (exact) mass is 202 g/mol. The van der Waals surface area contributed by atoms with Crippen molar-refractivity contribution in [3.05, 3.63) is 12.2 Å². The quantitative estimate of drug-likeness (QED) is 0.469. The summed E-state index contributed by atoms with van der Waals surface area (Å²) in [6, 6.07) is 0. The molecule has 2 bridgehead atoms. The molecule has 4 atom stereocenters. The molecule has 0 saturated heterocycles. The van der Waals surface area contributed by atoms with Crippen LogP contribution in [0.5, 0.6) is 0 Å². The summed E-state index contributed by atoms with van der Waals surface area (Å²) < 4.78 is 0. The lowest BCUT2D eigenvalue weighted by Crippen LogP contribution is -2.28.